The van der Waals surface area contributed by atoms with Gasteiger partial charge in [-0.05, 0) is 12.0 Å². The van der Waals surface area contributed by atoms with Gasteiger partial charge in [0.05, 0.1) is 0 Å². The molecule has 1 saturated heterocycles. The number of rotatable bonds is 9. The number of hydrogen-bond donors (Lipinski definition) is 1. The third-order valence-electron chi connectivity index (χ3n) is 4.57. The first-order valence-corrected chi connectivity index (χ1v) is 8.14. The maximum atomic E-state index is 3.47. The molecule has 0 unspecified atom stereocenters. The van der Waals surface area contributed by atoms with Crippen LogP contribution in [0.2, 0.25) is 0 Å². The zero-order valence-corrected chi connectivity index (χ0v) is 12.5. The van der Waals surface area contributed by atoms with E-state index >= 15 is 0 Å². The summed E-state index contributed by atoms with van der Waals surface area (Å²) in [6, 6.07) is 11.1. The maximum Gasteiger partial charge on any atom is 0.0202 e. The molecule has 1 aromatic rings. The van der Waals surface area contributed by atoms with Gasteiger partial charge in [0.15, 0.2) is 0 Å². The van der Waals surface area contributed by atoms with E-state index in [1.807, 2.05) is 0 Å². The van der Waals surface area contributed by atoms with Gasteiger partial charge in [0, 0.05) is 18.5 Å². The Bertz CT molecular complexity index is 340. The highest BCUT2D eigenvalue weighted by atomic mass is 15.0. The Morgan fingerprint density at radius 1 is 0.895 bits per heavy atom. The highest BCUT2D eigenvalue weighted by Gasteiger charge is 2.37. The molecule has 0 radical (unpaired) electrons. The number of hydrogen-bond acceptors (Lipinski definition) is 1. The van der Waals surface area contributed by atoms with Crippen molar-refractivity contribution < 1.29 is 0 Å². The van der Waals surface area contributed by atoms with E-state index in [9.17, 15) is 0 Å². The Morgan fingerprint density at radius 2 is 1.53 bits per heavy atom. The van der Waals surface area contributed by atoms with Crippen molar-refractivity contribution in [3.05, 3.63) is 35.9 Å². The molecule has 1 aromatic carbocycles. The van der Waals surface area contributed by atoms with Crippen LogP contribution in [-0.4, -0.2) is 13.1 Å². The summed E-state index contributed by atoms with van der Waals surface area (Å²) in [5, 5.41) is 3.47. The van der Waals surface area contributed by atoms with Gasteiger partial charge in [0.1, 0.15) is 0 Å². The second kappa shape index (κ2) is 7.69. The molecule has 0 aromatic heterocycles. The average Bonchev–Trinajstić information content (AvgIpc) is 2.41. The van der Waals surface area contributed by atoms with Gasteiger partial charge in [-0.1, -0.05) is 82.2 Å². The lowest BCUT2D eigenvalue weighted by Gasteiger charge is -2.43. The van der Waals surface area contributed by atoms with Crippen LogP contribution in [0.1, 0.15) is 63.9 Å². The standard InChI is InChI=1S/C18H29N/c1-2-3-4-5-6-7-11-14-18(15-19-16-18)17-12-9-8-10-13-17/h8-10,12-13,19H,2-7,11,14-16H2,1H3. The molecule has 2 rings (SSSR count). The Balaban J connectivity index is 1.69. The molecule has 1 aliphatic heterocycles. The third-order valence-corrected chi connectivity index (χ3v) is 4.57. The topological polar surface area (TPSA) is 12.0 Å². The van der Waals surface area contributed by atoms with Gasteiger partial charge in [-0.25, -0.2) is 0 Å². The lowest BCUT2D eigenvalue weighted by Crippen LogP contribution is -2.56. The second-order valence-corrected chi connectivity index (χ2v) is 6.12. The minimum Gasteiger partial charge on any atom is -0.315 e. The number of nitrogens with one attached hydrogen (secondary N) is 1. The van der Waals surface area contributed by atoms with E-state index in [2.05, 4.69) is 42.6 Å². The largest absolute Gasteiger partial charge is 0.315 e. The van der Waals surface area contributed by atoms with Crippen molar-refractivity contribution in [1.29, 1.82) is 0 Å². The van der Waals surface area contributed by atoms with Crippen LogP contribution < -0.4 is 5.32 Å². The van der Waals surface area contributed by atoms with Crippen LogP contribution in [0.15, 0.2) is 30.3 Å². The summed E-state index contributed by atoms with van der Waals surface area (Å²) in [5.74, 6) is 0. The molecule has 0 saturated carbocycles. The van der Waals surface area contributed by atoms with Gasteiger partial charge >= 0.3 is 0 Å². The minimum absolute atomic E-state index is 0.449. The van der Waals surface area contributed by atoms with Crippen LogP contribution in [0, 0.1) is 0 Å². The fourth-order valence-corrected chi connectivity index (χ4v) is 3.16. The molecule has 0 atom stereocenters. The molecule has 1 nitrogen and oxygen atoms in total. The quantitative estimate of drug-likeness (QED) is 0.636. The van der Waals surface area contributed by atoms with Crippen molar-refractivity contribution in [2.24, 2.45) is 0 Å². The first kappa shape index (κ1) is 14.6. The molecular formula is C18H29N. The first-order chi connectivity index (χ1) is 9.37. The third kappa shape index (κ3) is 4.07. The Labute approximate surface area is 118 Å². The molecule has 1 heteroatoms. The predicted octanol–water partition coefficient (Wildman–Crippen LogP) is 4.67. The second-order valence-electron chi connectivity index (χ2n) is 6.12. The van der Waals surface area contributed by atoms with E-state index in [1.165, 1.54) is 64.5 Å². The summed E-state index contributed by atoms with van der Waals surface area (Å²) in [4.78, 5) is 0. The Morgan fingerprint density at radius 3 is 2.11 bits per heavy atom. The summed E-state index contributed by atoms with van der Waals surface area (Å²) >= 11 is 0. The molecule has 1 fully saturated rings. The molecular weight excluding hydrogens is 230 g/mol. The Kier molecular flexibility index (Phi) is 5.91. The lowest BCUT2D eigenvalue weighted by atomic mass is 9.71. The van der Waals surface area contributed by atoms with Gasteiger partial charge in [-0.3, -0.25) is 0 Å². The minimum atomic E-state index is 0.449. The van der Waals surface area contributed by atoms with Crippen LogP contribution in [0.3, 0.4) is 0 Å². The monoisotopic (exact) mass is 259 g/mol. The van der Waals surface area contributed by atoms with E-state index in [1.54, 1.807) is 5.56 Å². The molecule has 0 bridgehead atoms. The van der Waals surface area contributed by atoms with Crippen molar-refractivity contribution in [3.63, 3.8) is 0 Å². The molecule has 1 aliphatic rings. The highest BCUT2D eigenvalue weighted by molar-refractivity contribution is 5.29. The van der Waals surface area contributed by atoms with E-state index in [-0.39, 0.29) is 0 Å². The van der Waals surface area contributed by atoms with E-state index < -0.39 is 0 Å². The molecule has 19 heavy (non-hydrogen) atoms. The van der Waals surface area contributed by atoms with Crippen molar-refractivity contribution in [1.82, 2.24) is 5.32 Å². The summed E-state index contributed by atoms with van der Waals surface area (Å²) in [5.41, 5.74) is 1.99. The Hall–Kier alpha value is -0.820. The lowest BCUT2D eigenvalue weighted by molar-refractivity contribution is 0.249. The predicted molar refractivity (Wildman–Crippen MR) is 83.6 cm³/mol. The average molecular weight is 259 g/mol. The van der Waals surface area contributed by atoms with Crippen molar-refractivity contribution >= 4 is 0 Å². The van der Waals surface area contributed by atoms with Crippen molar-refractivity contribution in [2.45, 2.75) is 63.7 Å². The van der Waals surface area contributed by atoms with Crippen LogP contribution in [0.4, 0.5) is 0 Å². The summed E-state index contributed by atoms with van der Waals surface area (Å²) < 4.78 is 0. The number of unbranched alkanes of at least 4 members (excludes halogenated alkanes) is 6. The van der Waals surface area contributed by atoms with Crippen molar-refractivity contribution in [2.75, 3.05) is 13.1 Å². The van der Waals surface area contributed by atoms with Crippen LogP contribution >= 0.6 is 0 Å². The van der Waals surface area contributed by atoms with Gasteiger partial charge in [-0.2, -0.15) is 0 Å². The van der Waals surface area contributed by atoms with E-state index in [0.29, 0.717) is 5.41 Å². The zero-order chi connectivity index (χ0) is 13.4. The molecule has 0 aliphatic carbocycles. The highest BCUT2D eigenvalue weighted by Crippen LogP contribution is 2.34. The fourth-order valence-electron chi connectivity index (χ4n) is 3.16. The van der Waals surface area contributed by atoms with E-state index in [4.69, 9.17) is 0 Å². The molecule has 1 heterocycles. The molecule has 0 amide bonds. The molecule has 106 valence electrons. The van der Waals surface area contributed by atoms with Crippen LogP contribution in [-0.2, 0) is 5.41 Å². The van der Waals surface area contributed by atoms with Gasteiger partial charge in [-0.15, -0.1) is 0 Å². The summed E-state index contributed by atoms with van der Waals surface area (Å²) in [6.45, 7) is 4.63. The summed E-state index contributed by atoms with van der Waals surface area (Å²) in [7, 11) is 0. The SMILES string of the molecule is CCCCCCCCCC1(c2ccccc2)CNC1. The van der Waals surface area contributed by atoms with Crippen LogP contribution in [0.25, 0.3) is 0 Å². The number of benzene rings is 1. The smallest absolute Gasteiger partial charge is 0.0202 e. The normalized spacial score (nSPS) is 17.1. The van der Waals surface area contributed by atoms with Crippen LogP contribution in [0.5, 0.6) is 0 Å². The first-order valence-electron chi connectivity index (χ1n) is 8.14. The van der Waals surface area contributed by atoms with Gasteiger partial charge < -0.3 is 5.32 Å². The van der Waals surface area contributed by atoms with Crippen molar-refractivity contribution in [3.8, 4) is 0 Å². The summed E-state index contributed by atoms with van der Waals surface area (Å²) in [6.07, 6.45) is 11.2. The maximum absolute atomic E-state index is 3.47. The van der Waals surface area contributed by atoms with E-state index in [0.717, 1.165) is 0 Å². The zero-order valence-electron chi connectivity index (χ0n) is 12.5. The van der Waals surface area contributed by atoms with Gasteiger partial charge in [0.2, 0.25) is 0 Å². The molecule has 0 spiro atoms. The fraction of sp³-hybridized carbons (Fsp3) is 0.667. The molecule has 1 N–H and O–H groups in total. The van der Waals surface area contributed by atoms with Gasteiger partial charge in [0.25, 0.3) is 0 Å².